The van der Waals surface area contributed by atoms with Gasteiger partial charge in [-0.15, -0.1) is 0 Å². The van der Waals surface area contributed by atoms with Crippen molar-refractivity contribution in [3.63, 3.8) is 0 Å². The third-order valence-corrected chi connectivity index (χ3v) is 4.04. The molecule has 1 heterocycles. The highest BCUT2D eigenvalue weighted by molar-refractivity contribution is 6.03. The minimum Gasteiger partial charge on any atom is -0.492 e. The number of anilines is 1. The first-order chi connectivity index (χ1) is 13.5. The van der Waals surface area contributed by atoms with Crippen molar-refractivity contribution in [3.05, 3.63) is 54.1 Å². The fourth-order valence-corrected chi connectivity index (χ4v) is 2.56. The van der Waals surface area contributed by atoms with Crippen LogP contribution in [0.5, 0.6) is 5.75 Å². The zero-order chi connectivity index (χ0) is 19.9. The van der Waals surface area contributed by atoms with Crippen molar-refractivity contribution in [2.24, 2.45) is 0 Å². The number of hydrogen-bond donors (Lipinski definition) is 3. The zero-order valence-electron chi connectivity index (χ0n) is 15.9. The van der Waals surface area contributed by atoms with Gasteiger partial charge >= 0.3 is 0 Å². The number of ether oxygens (including phenoxy) is 1. The summed E-state index contributed by atoms with van der Waals surface area (Å²) in [6, 6.07) is 14.2. The molecule has 8 nitrogen and oxygen atoms in total. The molecular formula is C20H23N5O3. The van der Waals surface area contributed by atoms with E-state index in [0.29, 0.717) is 18.0 Å². The summed E-state index contributed by atoms with van der Waals surface area (Å²) < 4.78 is 5.70. The van der Waals surface area contributed by atoms with Gasteiger partial charge in [-0.1, -0.05) is 18.2 Å². The van der Waals surface area contributed by atoms with Gasteiger partial charge in [-0.25, -0.2) is 0 Å². The first-order valence-corrected chi connectivity index (χ1v) is 8.91. The largest absolute Gasteiger partial charge is 0.492 e. The molecular weight excluding hydrogens is 358 g/mol. The summed E-state index contributed by atoms with van der Waals surface area (Å²) in [5.41, 5.74) is 1.26. The van der Waals surface area contributed by atoms with Gasteiger partial charge in [0.1, 0.15) is 12.4 Å². The molecule has 0 spiro atoms. The number of aromatic amines is 1. The molecule has 3 aromatic rings. The molecule has 0 radical (unpaired) electrons. The van der Waals surface area contributed by atoms with Gasteiger partial charge in [0.25, 0.3) is 5.91 Å². The van der Waals surface area contributed by atoms with E-state index in [2.05, 4.69) is 20.8 Å². The maximum Gasteiger partial charge on any atom is 0.251 e. The average Bonchev–Trinajstić information content (AvgIpc) is 3.08. The molecule has 0 unspecified atom stereocenters. The van der Waals surface area contributed by atoms with Crippen LogP contribution in [0.3, 0.4) is 0 Å². The molecule has 3 rings (SSSR count). The van der Waals surface area contributed by atoms with Crippen molar-refractivity contribution in [1.29, 1.82) is 0 Å². The minimum atomic E-state index is -0.357. The highest BCUT2D eigenvalue weighted by Gasteiger charge is 2.12. The molecule has 2 amide bonds. The van der Waals surface area contributed by atoms with Gasteiger partial charge in [0.2, 0.25) is 5.91 Å². The fraction of sp³-hybridized carbons (Fsp3) is 0.250. The first kappa shape index (κ1) is 19.4. The predicted molar refractivity (Wildman–Crippen MR) is 108 cm³/mol. The predicted octanol–water partition coefficient (Wildman–Crippen LogP) is 1.87. The summed E-state index contributed by atoms with van der Waals surface area (Å²) in [5, 5.41) is 13.1. The van der Waals surface area contributed by atoms with Crippen LogP contribution >= 0.6 is 0 Å². The number of fused-ring (bicyclic) bond motifs is 1. The monoisotopic (exact) mass is 381 g/mol. The van der Waals surface area contributed by atoms with Crippen molar-refractivity contribution < 1.29 is 14.3 Å². The highest BCUT2D eigenvalue weighted by Crippen LogP contribution is 2.24. The Labute approximate surface area is 162 Å². The zero-order valence-corrected chi connectivity index (χ0v) is 15.9. The Morgan fingerprint density at radius 1 is 1.14 bits per heavy atom. The van der Waals surface area contributed by atoms with Gasteiger partial charge in [0, 0.05) is 23.6 Å². The number of amides is 2. The van der Waals surface area contributed by atoms with Crippen LogP contribution in [-0.4, -0.2) is 60.7 Å². The molecule has 0 bridgehead atoms. The number of H-pyrrole nitrogens is 1. The fourth-order valence-electron chi connectivity index (χ4n) is 2.56. The Kier molecular flexibility index (Phi) is 6.23. The van der Waals surface area contributed by atoms with Crippen LogP contribution in [0.15, 0.2) is 48.5 Å². The van der Waals surface area contributed by atoms with Crippen LogP contribution in [0.4, 0.5) is 5.82 Å². The summed E-state index contributed by atoms with van der Waals surface area (Å²) >= 11 is 0. The van der Waals surface area contributed by atoms with Gasteiger partial charge < -0.3 is 20.3 Å². The minimum absolute atomic E-state index is 0.145. The summed E-state index contributed by atoms with van der Waals surface area (Å²) in [7, 11) is 3.97. The second-order valence-electron chi connectivity index (χ2n) is 6.53. The summed E-state index contributed by atoms with van der Waals surface area (Å²) in [5.74, 6) is 0.478. The molecule has 146 valence electrons. The summed E-state index contributed by atoms with van der Waals surface area (Å²) in [4.78, 5) is 26.2. The Hall–Kier alpha value is -3.39. The van der Waals surface area contributed by atoms with E-state index in [1.165, 1.54) is 0 Å². The lowest BCUT2D eigenvalue weighted by atomic mass is 10.2. The Morgan fingerprint density at radius 3 is 2.68 bits per heavy atom. The van der Waals surface area contributed by atoms with Crippen molar-refractivity contribution >= 4 is 28.5 Å². The standard InChI is InChI=1S/C20H23N5O3/c1-25(2)10-11-28-15-8-9-16-17(12-15)23-24-19(16)22-18(26)13-21-20(27)14-6-4-3-5-7-14/h3-9,12H,10-11,13H2,1-2H3,(H,21,27)(H2,22,23,24,26). The third-order valence-electron chi connectivity index (χ3n) is 4.04. The molecule has 8 heteroatoms. The van der Waals surface area contributed by atoms with E-state index in [-0.39, 0.29) is 18.4 Å². The van der Waals surface area contributed by atoms with Gasteiger partial charge in [0.05, 0.1) is 12.1 Å². The molecule has 28 heavy (non-hydrogen) atoms. The normalized spacial score (nSPS) is 10.8. The molecule has 1 aromatic heterocycles. The number of nitrogens with zero attached hydrogens (tertiary/aromatic N) is 2. The molecule has 0 saturated heterocycles. The van der Waals surface area contributed by atoms with E-state index in [1.807, 2.05) is 43.3 Å². The second-order valence-corrected chi connectivity index (χ2v) is 6.53. The van der Waals surface area contributed by atoms with Crippen LogP contribution in [0.1, 0.15) is 10.4 Å². The number of hydrogen-bond acceptors (Lipinski definition) is 5. The van der Waals surface area contributed by atoms with Crippen molar-refractivity contribution in [3.8, 4) is 5.75 Å². The molecule has 3 N–H and O–H groups in total. The number of carbonyl (C=O) groups excluding carboxylic acids is 2. The first-order valence-electron chi connectivity index (χ1n) is 8.91. The summed E-state index contributed by atoms with van der Waals surface area (Å²) in [6.07, 6.45) is 0. The lowest BCUT2D eigenvalue weighted by molar-refractivity contribution is -0.115. The molecule has 0 aliphatic heterocycles. The smallest absolute Gasteiger partial charge is 0.251 e. The molecule has 0 aliphatic rings. The Balaban J connectivity index is 1.56. The van der Waals surface area contributed by atoms with E-state index < -0.39 is 0 Å². The lowest BCUT2D eigenvalue weighted by Gasteiger charge is -2.10. The van der Waals surface area contributed by atoms with Crippen molar-refractivity contribution in [1.82, 2.24) is 20.4 Å². The van der Waals surface area contributed by atoms with E-state index in [1.54, 1.807) is 24.3 Å². The Morgan fingerprint density at radius 2 is 1.93 bits per heavy atom. The van der Waals surface area contributed by atoms with E-state index in [4.69, 9.17) is 4.74 Å². The second kappa shape index (κ2) is 9.01. The average molecular weight is 381 g/mol. The van der Waals surface area contributed by atoms with E-state index in [0.717, 1.165) is 23.2 Å². The van der Waals surface area contributed by atoms with Crippen molar-refractivity contribution in [2.75, 3.05) is 39.1 Å². The number of rotatable bonds is 8. The molecule has 0 fully saturated rings. The van der Waals surface area contributed by atoms with Gasteiger partial charge in [-0.3, -0.25) is 14.7 Å². The highest BCUT2D eigenvalue weighted by atomic mass is 16.5. The van der Waals surface area contributed by atoms with Crippen LogP contribution in [0.25, 0.3) is 10.9 Å². The maximum atomic E-state index is 12.2. The Bertz CT molecular complexity index is 953. The molecule has 0 saturated carbocycles. The number of likely N-dealkylation sites (N-methyl/N-ethyl adjacent to an activating group) is 1. The van der Waals surface area contributed by atoms with Gasteiger partial charge in [-0.05, 0) is 38.4 Å². The van der Waals surface area contributed by atoms with Gasteiger partial charge in [-0.2, -0.15) is 5.10 Å². The number of benzene rings is 2. The van der Waals surface area contributed by atoms with Gasteiger partial charge in [0.15, 0.2) is 5.82 Å². The quantitative estimate of drug-likeness (QED) is 0.553. The van der Waals surface area contributed by atoms with E-state index in [9.17, 15) is 9.59 Å². The lowest BCUT2D eigenvalue weighted by Crippen LogP contribution is -2.32. The van der Waals surface area contributed by atoms with Crippen molar-refractivity contribution in [2.45, 2.75) is 0 Å². The van der Waals surface area contributed by atoms with Crippen LogP contribution in [-0.2, 0) is 4.79 Å². The SMILES string of the molecule is CN(C)CCOc1ccc2c(NC(=O)CNC(=O)c3ccccc3)n[nH]c2c1. The van der Waals surface area contributed by atoms with Crippen LogP contribution < -0.4 is 15.4 Å². The topological polar surface area (TPSA) is 99.3 Å². The molecule has 2 aromatic carbocycles. The number of carbonyl (C=O) groups is 2. The van der Waals surface area contributed by atoms with Crippen LogP contribution in [0, 0.1) is 0 Å². The third kappa shape index (κ3) is 5.08. The maximum absolute atomic E-state index is 12.2. The van der Waals surface area contributed by atoms with E-state index >= 15 is 0 Å². The molecule has 0 atom stereocenters. The molecule has 0 aliphatic carbocycles. The number of aromatic nitrogens is 2. The van der Waals surface area contributed by atoms with Crippen LogP contribution in [0.2, 0.25) is 0 Å². The number of nitrogens with one attached hydrogen (secondary N) is 3. The summed E-state index contributed by atoms with van der Waals surface area (Å²) in [6.45, 7) is 1.25.